The van der Waals surface area contributed by atoms with Crippen LogP contribution < -0.4 is 5.73 Å². The lowest BCUT2D eigenvalue weighted by atomic mass is 9.82. The van der Waals surface area contributed by atoms with Crippen LogP contribution in [0.15, 0.2) is 17.8 Å². The van der Waals surface area contributed by atoms with Crippen LogP contribution in [0.4, 0.5) is 0 Å². The van der Waals surface area contributed by atoms with Gasteiger partial charge in [-0.05, 0) is 25.2 Å². The maximum atomic E-state index is 5.86. The van der Waals surface area contributed by atoms with Crippen molar-refractivity contribution in [1.82, 2.24) is 9.38 Å². The second kappa shape index (κ2) is 4.18. The summed E-state index contributed by atoms with van der Waals surface area (Å²) in [6.45, 7) is 6.57. The Hall–Kier alpha value is -0.870. The number of thiazole rings is 1. The molecule has 0 spiro atoms. The van der Waals surface area contributed by atoms with E-state index in [9.17, 15) is 0 Å². The summed E-state index contributed by atoms with van der Waals surface area (Å²) in [5, 5.41) is 2.05. The van der Waals surface area contributed by atoms with E-state index in [1.54, 1.807) is 11.3 Å². The summed E-state index contributed by atoms with van der Waals surface area (Å²) < 4.78 is 2.09. The van der Waals surface area contributed by atoms with Gasteiger partial charge in [0, 0.05) is 23.8 Å². The molecule has 2 rings (SSSR count). The summed E-state index contributed by atoms with van der Waals surface area (Å²) in [6, 6.07) is 0.249. The van der Waals surface area contributed by atoms with E-state index >= 15 is 0 Å². The van der Waals surface area contributed by atoms with Crippen molar-refractivity contribution in [2.75, 3.05) is 0 Å². The Morgan fingerprint density at radius 2 is 2.31 bits per heavy atom. The van der Waals surface area contributed by atoms with Crippen LogP contribution in [0.2, 0.25) is 0 Å². The third-order valence-corrected chi connectivity index (χ3v) is 3.45. The van der Waals surface area contributed by atoms with Crippen molar-refractivity contribution in [2.45, 2.75) is 39.7 Å². The van der Waals surface area contributed by atoms with E-state index in [0.29, 0.717) is 0 Å². The SMILES string of the molecule is CC(N)CC(C)(C)Cc1cn2ccsc2n1. The summed E-state index contributed by atoms with van der Waals surface area (Å²) in [5.41, 5.74) is 7.25. The lowest BCUT2D eigenvalue weighted by Crippen LogP contribution is -2.26. The molecule has 0 aliphatic rings. The van der Waals surface area contributed by atoms with E-state index in [2.05, 4.69) is 47.9 Å². The van der Waals surface area contributed by atoms with Crippen LogP contribution in [0, 0.1) is 5.41 Å². The molecule has 2 N–H and O–H groups in total. The highest BCUT2D eigenvalue weighted by molar-refractivity contribution is 7.15. The summed E-state index contributed by atoms with van der Waals surface area (Å²) in [4.78, 5) is 5.68. The lowest BCUT2D eigenvalue weighted by molar-refractivity contribution is 0.307. The maximum absolute atomic E-state index is 5.86. The van der Waals surface area contributed by atoms with Crippen LogP contribution in [0.3, 0.4) is 0 Å². The molecule has 0 amide bonds. The van der Waals surface area contributed by atoms with Gasteiger partial charge in [0.15, 0.2) is 4.96 Å². The van der Waals surface area contributed by atoms with Gasteiger partial charge in [0.2, 0.25) is 0 Å². The Kier molecular flexibility index (Phi) is 3.04. The van der Waals surface area contributed by atoms with Crippen LogP contribution in [-0.2, 0) is 6.42 Å². The first kappa shape index (κ1) is 11.6. The van der Waals surface area contributed by atoms with Crippen LogP contribution in [-0.4, -0.2) is 15.4 Å². The molecule has 4 heteroatoms. The molecule has 3 nitrogen and oxygen atoms in total. The van der Waals surface area contributed by atoms with Crippen molar-refractivity contribution in [1.29, 1.82) is 0 Å². The maximum Gasteiger partial charge on any atom is 0.193 e. The van der Waals surface area contributed by atoms with E-state index in [1.165, 1.54) is 0 Å². The molecule has 0 saturated carbocycles. The van der Waals surface area contributed by atoms with Crippen molar-refractivity contribution in [2.24, 2.45) is 11.1 Å². The fourth-order valence-corrected chi connectivity index (χ4v) is 3.01. The minimum absolute atomic E-state index is 0.220. The topological polar surface area (TPSA) is 43.3 Å². The van der Waals surface area contributed by atoms with Crippen LogP contribution in [0.1, 0.15) is 32.9 Å². The first-order valence-corrected chi connectivity index (χ1v) is 6.51. The largest absolute Gasteiger partial charge is 0.328 e. The third kappa shape index (κ3) is 2.62. The quantitative estimate of drug-likeness (QED) is 0.888. The molecule has 0 saturated heterocycles. The van der Waals surface area contributed by atoms with E-state index in [-0.39, 0.29) is 11.5 Å². The number of aromatic nitrogens is 2. The van der Waals surface area contributed by atoms with Crippen LogP contribution >= 0.6 is 11.3 Å². The number of rotatable bonds is 4. The van der Waals surface area contributed by atoms with Gasteiger partial charge in [-0.15, -0.1) is 11.3 Å². The predicted octanol–water partition coefficient (Wildman–Crippen LogP) is 2.70. The van der Waals surface area contributed by atoms with Gasteiger partial charge in [0.05, 0.1) is 5.69 Å². The number of nitrogens with zero attached hydrogens (tertiary/aromatic N) is 2. The van der Waals surface area contributed by atoms with Gasteiger partial charge in [-0.25, -0.2) is 4.98 Å². The Morgan fingerprint density at radius 3 is 2.94 bits per heavy atom. The Bertz CT molecular complexity index is 439. The molecule has 0 bridgehead atoms. The van der Waals surface area contributed by atoms with Crippen molar-refractivity contribution >= 4 is 16.3 Å². The van der Waals surface area contributed by atoms with E-state index < -0.39 is 0 Å². The van der Waals surface area contributed by atoms with E-state index in [4.69, 9.17) is 5.73 Å². The minimum Gasteiger partial charge on any atom is -0.328 e. The van der Waals surface area contributed by atoms with Gasteiger partial charge < -0.3 is 5.73 Å². The molecule has 88 valence electrons. The van der Waals surface area contributed by atoms with Crippen molar-refractivity contribution in [3.63, 3.8) is 0 Å². The summed E-state index contributed by atoms with van der Waals surface area (Å²) in [6.07, 6.45) is 6.19. The predicted molar refractivity (Wildman–Crippen MR) is 68.8 cm³/mol. The second-order valence-corrected chi connectivity index (χ2v) is 6.22. The minimum atomic E-state index is 0.220. The van der Waals surface area contributed by atoms with Gasteiger partial charge in [-0.2, -0.15) is 0 Å². The molecule has 0 radical (unpaired) electrons. The smallest absolute Gasteiger partial charge is 0.193 e. The summed E-state index contributed by atoms with van der Waals surface area (Å²) in [5.74, 6) is 0. The lowest BCUT2D eigenvalue weighted by Gasteiger charge is -2.25. The second-order valence-electron chi connectivity index (χ2n) is 5.35. The monoisotopic (exact) mass is 237 g/mol. The van der Waals surface area contributed by atoms with Gasteiger partial charge in [-0.3, -0.25) is 4.40 Å². The number of imidazole rings is 1. The molecule has 2 aromatic rings. The highest BCUT2D eigenvalue weighted by atomic mass is 32.1. The number of nitrogens with two attached hydrogens (primary N) is 1. The summed E-state index contributed by atoms with van der Waals surface area (Å²) in [7, 11) is 0. The van der Waals surface area contributed by atoms with Gasteiger partial charge >= 0.3 is 0 Å². The Labute approximate surface area is 100 Å². The van der Waals surface area contributed by atoms with Crippen LogP contribution in [0.25, 0.3) is 4.96 Å². The third-order valence-electron chi connectivity index (χ3n) is 2.68. The fraction of sp³-hybridized carbons (Fsp3) is 0.583. The molecular formula is C12H19N3S. The number of hydrogen-bond acceptors (Lipinski definition) is 3. The number of hydrogen-bond donors (Lipinski definition) is 1. The molecule has 0 aliphatic heterocycles. The average Bonchev–Trinajstić information content (AvgIpc) is 2.58. The van der Waals surface area contributed by atoms with Crippen LogP contribution in [0.5, 0.6) is 0 Å². The molecule has 2 aromatic heterocycles. The first-order chi connectivity index (χ1) is 7.46. The van der Waals surface area contributed by atoms with Crippen molar-refractivity contribution < 1.29 is 0 Å². The average molecular weight is 237 g/mol. The molecule has 16 heavy (non-hydrogen) atoms. The molecule has 0 fully saturated rings. The first-order valence-electron chi connectivity index (χ1n) is 5.63. The number of fused-ring (bicyclic) bond motifs is 1. The zero-order chi connectivity index (χ0) is 11.8. The standard InChI is InChI=1S/C12H19N3S/c1-9(13)6-12(2,3)7-10-8-15-4-5-16-11(15)14-10/h4-5,8-9H,6-7,13H2,1-3H3. The highest BCUT2D eigenvalue weighted by Gasteiger charge is 2.21. The zero-order valence-electron chi connectivity index (χ0n) is 10.1. The Morgan fingerprint density at radius 1 is 1.56 bits per heavy atom. The molecule has 1 atom stereocenters. The highest BCUT2D eigenvalue weighted by Crippen LogP contribution is 2.27. The molecule has 0 aromatic carbocycles. The molecule has 2 heterocycles. The summed E-state index contributed by atoms with van der Waals surface area (Å²) >= 11 is 1.68. The van der Waals surface area contributed by atoms with Gasteiger partial charge in [0.1, 0.15) is 0 Å². The molecule has 1 unspecified atom stereocenters. The van der Waals surface area contributed by atoms with Gasteiger partial charge in [-0.1, -0.05) is 13.8 Å². The molecular weight excluding hydrogens is 218 g/mol. The Balaban J connectivity index is 2.12. The zero-order valence-corrected chi connectivity index (χ0v) is 10.9. The van der Waals surface area contributed by atoms with E-state index in [0.717, 1.165) is 23.5 Å². The fourth-order valence-electron chi connectivity index (χ4n) is 2.30. The van der Waals surface area contributed by atoms with Crippen molar-refractivity contribution in [3.8, 4) is 0 Å². The van der Waals surface area contributed by atoms with E-state index in [1.807, 2.05) is 0 Å². The molecule has 0 aliphatic carbocycles. The van der Waals surface area contributed by atoms with Crippen molar-refractivity contribution in [3.05, 3.63) is 23.5 Å². The normalized spacial score (nSPS) is 14.5. The van der Waals surface area contributed by atoms with Gasteiger partial charge in [0.25, 0.3) is 0 Å².